The third kappa shape index (κ3) is 7.13. The van der Waals surface area contributed by atoms with E-state index in [2.05, 4.69) is 234 Å². The highest BCUT2D eigenvalue weighted by molar-refractivity contribution is 6.78. The summed E-state index contributed by atoms with van der Waals surface area (Å²) in [6.45, 7) is 0. The van der Waals surface area contributed by atoms with Crippen molar-refractivity contribution in [3.8, 4) is 33.4 Å². The average Bonchev–Trinajstić information content (AvgIpc) is 3.30. The van der Waals surface area contributed by atoms with Crippen LogP contribution in [0.25, 0.3) is 109 Å². The molecule has 0 amide bonds. The molecule has 352 valence electrons. The van der Waals surface area contributed by atoms with E-state index in [9.17, 15) is 0 Å². The lowest BCUT2D eigenvalue weighted by Gasteiger charge is -2.32. The molecular weight excluding hydrogens is 930 g/mol. The molecule has 1 heterocycles. The lowest BCUT2D eigenvalue weighted by Crippen LogP contribution is -2.51. The zero-order valence-corrected chi connectivity index (χ0v) is 54.5. The number of hydrogen-bond donors (Lipinski definition) is 0. The van der Waals surface area contributed by atoms with Crippen molar-refractivity contribution in [2.45, 2.75) is 0 Å². The van der Waals surface area contributed by atoms with E-state index in [0.717, 1.165) is 11.2 Å². The molecular formula is C50H59B29O. The minimum absolute atomic E-state index is 1.03. The van der Waals surface area contributed by atoms with Crippen molar-refractivity contribution in [2.75, 3.05) is 0 Å². The van der Waals surface area contributed by atoms with Crippen LogP contribution < -0.4 is 158 Å². The molecule has 1 aromatic heterocycles. The van der Waals surface area contributed by atoms with Crippen molar-refractivity contribution >= 4 is 462 Å². The molecule has 11 aromatic rings. The summed E-state index contributed by atoms with van der Waals surface area (Å²) in [4.78, 5) is 0. The van der Waals surface area contributed by atoms with Crippen LogP contribution in [0.2, 0.25) is 0 Å². The summed E-state index contributed by atoms with van der Waals surface area (Å²) < 4.78 is 7.30. The second kappa shape index (κ2) is 19.1. The molecule has 0 radical (unpaired) electrons. The van der Waals surface area contributed by atoms with Crippen molar-refractivity contribution in [1.82, 2.24) is 0 Å². The van der Waals surface area contributed by atoms with E-state index in [1.54, 1.807) is 0 Å². The van der Waals surface area contributed by atoms with Gasteiger partial charge < -0.3 is 4.42 Å². The second-order valence-electron chi connectivity index (χ2n) is 25.9. The van der Waals surface area contributed by atoms with Crippen LogP contribution in [0.1, 0.15) is 0 Å². The molecule has 80 heavy (non-hydrogen) atoms. The standard InChI is InChI=1S/C50H59B29O/c51-3-1-2-4-15(35(66)45(76)39(70)23(4)54)30(61)24(55)5(2)21(52)6(3)16-31(62)33(64)18(34(65)32(16)63)8-11-9(25(56)40(71)42(73)27(11)58)7(10-12(8)28(59)43(74)41(72)26(10)57)17-22(53)20-14-13-19(36(67)46(77)44(75)29(13)60)38(69)47(78)49(14)80-50(20)48(79)37(17)68/h1H,51-79H2. The molecule has 0 spiro atoms. The Morgan fingerprint density at radius 2 is 0.412 bits per heavy atom. The van der Waals surface area contributed by atoms with Gasteiger partial charge in [-0.25, -0.2) is 0 Å². The Morgan fingerprint density at radius 3 is 0.825 bits per heavy atom. The summed E-state index contributed by atoms with van der Waals surface area (Å²) in [5.74, 6) is 0. The summed E-state index contributed by atoms with van der Waals surface area (Å²) in [6.07, 6.45) is 0. The normalized spacial score (nSPS) is 11.9. The van der Waals surface area contributed by atoms with Gasteiger partial charge in [0.15, 0.2) is 0 Å². The Balaban J connectivity index is 1.33. The van der Waals surface area contributed by atoms with Gasteiger partial charge in [0.1, 0.15) is 239 Å². The molecule has 0 atom stereocenters. The highest BCUT2D eigenvalue weighted by Crippen LogP contribution is 2.40. The molecule has 0 bridgehead atoms. The van der Waals surface area contributed by atoms with Crippen molar-refractivity contribution in [2.24, 2.45) is 0 Å². The van der Waals surface area contributed by atoms with Gasteiger partial charge >= 0.3 is 0 Å². The molecule has 10 aromatic carbocycles. The Bertz CT molecular complexity index is 4760. The minimum atomic E-state index is 1.03. The van der Waals surface area contributed by atoms with Crippen LogP contribution in [-0.4, -0.2) is 228 Å². The van der Waals surface area contributed by atoms with E-state index < -0.39 is 0 Å². The topological polar surface area (TPSA) is 13.1 Å². The van der Waals surface area contributed by atoms with Crippen LogP contribution in [0.15, 0.2) is 10.5 Å². The SMILES string of the molecule is Bc1cc2c(c(B)c1-c1c(B)c(B)c(-c3c4c(B)c(B)c(B)c(B)c4c(-c4c(B)c(B)c5oc6c(B)c(B)c7c(B)c(B)c(B)c(B)c7c6c5c4B)c4c(B)c(B)c(B)c(B)c34)c(B)c1B)c(B)c(B)c1c(B)c(B)c(B)c(B)c12. The summed E-state index contributed by atoms with van der Waals surface area (Å²) in [6, 6.07) is 2.55. The minimum Gasteiger partial charge on any atom is -0.457 e. The second-order valence-corrected chi connectivity index (χ2v) is 25.9. The first-order chi connectivity index (χ1) is 37.4. The van der Waals surface area contributed by atoms with E-state index in [1.165, 1.54) is 256 Å². The zero-order valence-electron chi connectivity index (χ0n) is 54.5. The smallest absolute Gasteiger partial charge is 0.143 e. The predicted octanol–water partition coefficient (Wildman–Crippen LogP) is -36.2. The Hall–Kier alpha value is -4.82. The Labute approximate surface area is 502 Å². The number of fused-ring (bicyclic) bond motifs is 10. The maximum absolute atomic E-state index is 7.30. The molecule has 30 heteroatoms. The number of rotatable bonds is 3. The van der Waals surface area contributed by atoms with Crippen LogP contribution in [0.4, 0.5) is 0 Å². The maximum atomic E-state index is 7.30. The summed E-state index contributed by atoms with van der Waals surface area (Å²) in [5, 5.41) is 16.5. The quantitative estimate of drug-likeness (QED) is 0.0977. The van der Waals surface area contributed by atoms with E-state index >= 15 is 0 Å². The highest BCUT2D eigenvalue weighted by Gasteiger charge is 2.32. The van der Waals surface area contributed by atoms with Gasteiger partial charge in [0, 0.05) is 10.8 Å². The largest absolute Gasteiger partial charge is 0.457 e. The van der Waals surface area contributed by atoms with Crippen LogP contribution in [0, 0.1) is 0 Å². The third-order valence-corrected chi connectivity index (χ3v) is 22.9. The molecule has 0 N–H and O–H groups in total. The Kier molecular flexibility index (Phi) is 13.6. The van der Waals surface area contributed by atoms with Crippen LogP contribution in [0.3, 0.4) is 0 Å². The van der Waals surface area contributed by atoms with Gasteiger partial charge in [0.05, 0.1) is 0 Å². The highest BCUT2D eigenvalue weighted by atomic mass is 16.3. The fourth-order valence-electron chi connectivity index (χ4n) is 16.4. The molecule has 0 saturated carbocycles. The van der Waals surface area contributed by atoms with E-state index in [0.29, 0.717) is 0 Å². The fourth-order valence-corrected chi connectivity index (χ4v) is 16.4. The van der Waals surface area contributed by atoms with Crippen LogP contribution in [0.5, 0.6) is 0 Å². The van der Waals surface area contributed by atoms with Crippen LogP contribution >= 0.6 is 0 Å². The molecule has 0 saturated heterocycles. The fraction of sp³-hybridized carbons (Fsp3) is 0. The van der Waals surface area contributed by atoms with Gasteiger partial charge in [0.25, 0.3) is 0 Å². The molecule has 0 aliphatic rings. The van der Waals surface area contributed by atoms with E-state index in [1.807, 2.05) is 0 Å². The van der Waals surface area contributed by atoms with Gasteiger partial charge in [-0.15, -0.1) is 43.7 Å². The average molecular weight is 990 g/mol. The van der Waals surface area contributed by atoms with Gasteiger partial charge in [-0.05, 0) is 87.2 Å². The monoisotopic (exact) mass is 995 g/mol. The molecule has 1 nitrogen and oxygen atoms in total. The van der Waals surface area contributed by atoms with Crippen molar-refractivity contribution in [3.63, 3.8) is 0 Å². The van der Waals surface area contributed by atoms with Crippen molar-refractivity contribution < 1.29 is 4.42 Å². The van der Waals surface area contributed by atoms with Gasteiger partial charge in [-0.1, -0.05) is 121 Å². The molecule has 0 unspecified atom stereocenters. The molecule has 0 aliphatic carbocycles. The zero-order chi connectivity index (χ0) is 58.7. The van der Waals surface area contributed by atoms with Crippen LogP contribution in [-0.2, 0) is 0 Å². The molecule has 0 fully saturated rings. The number of hydrogen-bond acceptors (Lipinski definition) is 1. The van der Waals surface area contributed by atoms with Crippen molar-refractivity contribution in [1.29, 1.82) is 0 Å². The van der Waals surface area contributed by atoms with Gasteiger partial charge in [0.2, 0.25) is 0 Å². The summed E-state index contributed by atoms with van der Waals surface area (Å²) in [7, 11) is 68.8. The molecule has 11 rings (SSSR count). The number of furan rings is 1. The lowest BCUT2D eigenvalue weighted by molar-refractivity contribution is 0.675. The van der Waals surface area contributed by atoms with E-state index in [-0.39, 0.29) is 0 Å². The predicted molar refractivity (Wildman–Crippen MR) is 455 cm³/mol. The first kappa shape index (κ1) is 57.0. The third-order valence-electron chi connectivity index (χ3n) is 22.9. The summed E-state index contributed by atoms with van der Waals surface area (Å²) in [5.41, 5.74) is 50.0. The van der Waals surface area contributed by atoms with Crippen molar-refractivity contribution in [3.05, 3.63) is 6.07 Å². The van der Waals surface area contributed by atoms with E-state index in [4.69, 9.17) is 4.42 Å². The first-order valence-electron chi connectivity index (χ1n) is 29.7. The lowest BCUT2D eigenvalue weighted by atomic mass is 9.56. The van der Waals surface area contributed by atoms with Gasteiger partial charge in [-0.3, -0.25) is 0 Å². The molecule has 0 aliphatic heterocycles. The summed E-state index contributed by atoms with van der Waals surface area (Å²) >= 11 is 0. The number of benzene rings is 10. The first-order valence-corrected chi connectivity index (χ1v) is 29.7. The maximum Gasteiger partial charge on any atom is 0.143 e. The van der Waals surface area contributed by atoms with Gasteiger partial charge in [-0.2, -0.15) is 0 Å². The Morgan fingerprint density at radius 1 is 0.163 bits per heavy atom.